The van der Waals surface area contributed by atoms with Gasteiger partial charge in [-0.2, -0.15) is 0 Å². The van der Waals surface area contributed by atoms with E-state index in [0.29, 0.717) is 5.92 Å². The topological polar surface area (TPSA) is 35.2 Å². The van der Waals surface area contributed by atoms with Crippen molar-refractivity contribution >= 4 is 11.9 Å². The summed E-state index contributed by atoms with van der Waals surface area (Å²) in [6.07, 6.45) is 2.63. The standard InChI is InChI=1S/C13H19NOS/c1-9(2)11-5-6-12(13(7-11)16-14)15-8-10-3-4-10/h5-7,9-10H,3-4,8,14H2,1-2H3. The zero-order valence-corrected chi connectivity index (χ0v) is 10.7. The summed E-state index contributed by atoms with van der Waals surface area (Å²) in [5.41, 5.74) is 1.31. The number of hydrogen-bond acceptors (Lipinski definition) is 3. The average molecular weight is 237 g/mol. The molecule has 1 aliphatic rings. The maximum Gasteiger partial charge on any atom is 0.134 e. The summed E-state index contributed by atoms with van der Waals surface area (Å²) in [7, 11) is 0. The fourth-order valence-corrected chi connectivity index (χ4v) is 2.03. The Bertz CT molecular complexity index is 361. The fraction of sp³-hybridized carbons (Fsp3) is 0.538. The lowest BCUT2D eigenvalue weighted by Crippen LogP contribution is -2.01. The van der Waals surface area contributed by atoms with Gasteiger partial charge >= 0.3 is 0 Å². The predicted octanol–water partition coefficient (Wildman–Crippen LogP) is 3.56. The molecule has 88 valence electrons. The molecule has 0 aromatic heterocycles. The molecule has 1 aromatic carbocycles. The third-order valence-corrected chi connectivity index (χ3v) is 3.51. The molecule has 2 N–H and O–H groups in total. The van der Waals surface area contributed by atoms with Crippen molar-refractivity contribution in [3.05, 3.63) is 23.8 Å². The molecule has 0 aliphatic heterocycles. The number of hydrogen-bond donors (Lipinski definition) is 1. The van der Waals surface area contributed by atoms with Crippen molar-refractivity contribution in [2.45, 2.75) is 37.5 Å². The smallest absolute Gasteiger partial charge is 0.134 e. The summed E-state index contributed by atoms with van der Waals surface area (Å²) in [5.74, 6) is 2.24. The Morgan fingerprint density at radius 1 is 1.44 bits per heavy atom. The summed E-state index contributed by atoms with van der Waals surface area (Å²) >= 11 is 1.27. The van der Waals surface area contributed by atoms with E-state index in [-0.39, 0.29) is 0 Å². The van der Waals surface area contributed by atoms with Crippen LogP contribution < -0.4 is 9.88 Å². The van der Waals surface area contributed by atoms with Crippen LogP contribution in [0.4, 0.5) is 0 Å². The molecule has 0 radical (unpaired) electrons. The summed E-state index contributed by atoms with van der Waals surface area (Å²) < 4.78 is 5.79. The van der Waals surface area contributed by atoms with Gasteiger partial charge in [-0.3, -0.25) is 5.14 Å². The van der Waals surface area contributed by atoms with Crippen molar-refractivity contribution in [2.24, 2.45) is 11.1 Å². The summed E-state index contributed by atoms with van der Waals surface area (Å²) in [5, 5.41) is 5.68. The minimum Gasteiger partial charge on any atom is -0.492 e. The molecule has 1 fully saturated rings. The van der Waals surface area contributed by atoms with Crippen LogP contribution in [0.25, 0.3) is 0 Å². The van der Waals surface area contributed by atoms with Gasteiger partial charge < -0.3 is 4.74 Å². The Labute approximate surface area is 102 Å². The molecule has 1 aliphatic carbocycles. The van der Waals surface area contributed by atoms with Crippen LogP contribution in [0, 0.1) is 5.92 Å². The Morgan fingerprint density at radius 3 is 2.75 bits per heavy atom. The Hall–Kier alpha value is -0.670. The van der Waals surface area contributed by atoms with E-state index >= 15 is 0 Å². The van der Waals surface area contributed by atoms with E-state index in [4.69, 9.17) is 9.88 Å². The third-order valence-electron chi connectivity index (χ3n) is 2.93. The average Bonchev–Trinajstić information content (AvgIpc) is 3.09. The first-order chi connectivity index (χ1) is 7.70. The van der Waals surface area contributed by atoms with E-state index in [1.807, 2.05) is 6.07 Å². The maximum atomic E-state index is 5.79. The van der Waals surface area contributed by atoms with Crippen molar-refractivity contribution in [1.29, 1.82) is 0 Å². The molecule has 0 amide bonds. The first kappa shape index (κ1) is 11.8. The van der Waals surface area contributed by atoms with E-state index in [1.165, 1.54) is 30.4 Å². The summed E-state index contributed by atoms with van der Waals surface area (Å²) in [4.78, 5) is 1.05. The second-order valence-corrected chi connectivity index (χ2v) is 5.41. The monoisotopic (exact) mass is 237 g/mol. The van der Waals surface area contributed by atoms with Gasteiger partial charge in [-0.15, -0.1) is 0 Å². The van der Waals surface area contributed by atoms with Crippen molar-refractivity contribution in [2.75, 3.05) is 6.61 Å². The quantitative estimate of drug-likeness (QED) is 0.795. The van der Waals surface area contributed by atoms with Crippen LogP contribution in [0.15, 0.2) is 23.1 Å². The zero-order valence-electron chi connectivity index (χ0n) is 9.90. The van der Waals surface area contributed by atoms with Crippen LogP contribution in [-0.2, 0) is 0 Å². The van der Waals surface area contributed by atoms with Crippen LogP contribution in [0.5, 0.6) is 5.75 Å². The van der Waals surface area contributed by atoms with Gasteiger partial charge in [0.15, 0.2) is 0 Å². The van der Waals surface area contributed by atoms with Crippen LogP contribution in [0.2, 0.25) is 0 Å². The summed E-state index contributed by atoms with van der Waals surface area (Å²) in [6.45, 7) is 5.21. The first-order valence-electron chi connectivity index (χ1n) is 5.84. The van der Waals surface area contributed by atoms with Gasteiger partial charge in [-0.1, -0.05) is 19.9 Å². The maximum absolute atomic E-state index is 5.79. The summed E-state index contributed by atoms with van der Waals surface area (Å²) in [6, 6.07) is 6.32. The zero-order chi connectivity index (χ0) is 11.5. The lowest BCUT2D eigenvalue weighted by Gasteiger charge is -2.12. The molecule has 0 heterocycles. The predicted molar refractivity (Wildman–Crippen MR) is 68.8 cm³/mol. The van der Waals surface area contributed by atoms with Gasteiger partial charge in [0.25, 0.3) is 0 Å². The Kier molecular flexibility index (Phi) is 3.77. The van der Waals surface area contributed by atoms with E-state index in [0.717, 1.165) is 23.2 Å². The molecule has 2 rings (SSSR count). The van der Waals surface area contributed by atoms with Crippen LogP contribution in [0.3, 0.4) is 0 Å². The lowest BCUT2D eigenvalue weighted by molar-refractivity contribution is 0.293. The van der Waals surface area contributed by atoms with E-state index < -0.39 is 0 Å². The van der Waals surface area contributed by atoms with E-state index in [9.17, 15) is 0 Å². The molecule has 1 saturated carbocycles. The van der Waals surface area contributed by atoms with Gasteiger partial charge in [0.05, 0.1) is 11.5 Å². The Balaban J connectivity index is 2.09. The minimum absolute atomic E-state index is 0.531. The molecule has 16 heavy (non-hydrogen) atoms. The SMILES string of the molecule is CC(C)c1ccc(OCC2CC2)c(SN)c1. The largest absolute Gasteiger partial charge is 0.492 e. The van der Waals surface area contributed by atoms with Crippen molar-refractivity contribution in [3.63, 3.8) is 0 Å². The van der Waals surface area contributed by atoms with Crippen LogP contribution in [0.1, 0.15) is 38.2 Å². The lowest BCUT2D eigenvalue weighted by atomic mass is 10.0. The first-order valence-corrected chi connectivity index (χ1v) is 6.72. The molecular weight excluding hydrogens is 218 g/mol. The van der Waals surface area contributed by atoms with Gasteiger partial charge in [0.2, 0.25) is 0 Å². The second-order valence-electron chi connectivity index (χ2n) is 4.73. The van der Waals surface area contributed by atoms with Gasteiger partial charge in [-0.25, -0.2) is 0 Å². The molecule has 0 unspecified atom stereocenters. The van der Waals surface area contributed by atoms with Crippen molar-refractivity contribution in [3.8, 4) is 5.75 Å². The number of ether oxygens (including phenoxy) is 1. The highest BCUT2D eigenvalue weighted by Crippen LogP contribution is 2.33. The third kappa shape index (κ3) is 2.92. The Morgan fingerprint density at radius 2 is 2.19 bits per heavy atom. The molecular formula is C13H19NOS. The van der Waals surface area contributed by atoms with E-state index in [1.54, 1.807) is 0 Å². The van der Waals surface area contributed by atoms with Crippen LogP contribution in [-0.4, -0.2) is 6.61 Å². The second kappa shape index (κ2) is 5.11. The van der Waals surface area contributed by atoms with E-state index in [2.05, 4.69) is 26.0 Å². The van der Waals surface area contributed by atoms with Gasteiger partial charge in [0.1, 0.15) is 5.75 Å². The van der Waals surface area contributed by atoms with Crippen molar-refractivity contribution in [1.82, 2.24) is 0 Å². The van der Waals surface area contributed by atoms with Crippen molar-refractivity contribution < 1.29 is 4.74 Å². The molecule has 0 atom stereocenters. The normalized spacial score (nSPS) is 15.5. The minimum atomic E-state index is 0.531. The molecule has 0 saturated heterocycles. The van der Waals surface area contributed by atoms with Crippen LogP contribution >= 0.6 is 11.9 Å². The molecule has 2 nitrogen and oxygen atoms in total. The van der Waals surface area contributed by atoms with Gasteiger partial charge in [-0.05, 0) is 54.3 Å². The molecule has 1 aromatic rings. The van der Waals surface area contributed by atoms with Gasteiger partial charge in [0, 0.05) is 0 Å². The highest BCUT2D eigenvalue weighted by molar-refractivity contribution is 7.97. The molecule has 3 heteroatoms. The molecule has 0 bridgehead atoms. The highest BCUT2D eigenvalue weighted by atomic mass is 32.2. The highest BCUT2D eigenvalue weighted by Gasteiger charge is 2.22. The number of rotatable bonds is 5. The number of nitrogens with two attached hydrogens (primary N) is 1. The molecule has 0 spiro atoms. The number of benzene rings is 1. The fourth-order valence-electron chi connectivity index (χ4n) is 1.59.